The summed E-state index contributed by atoms with van der Waals surface area (Å²) >= 11 is 0. The Morgan fingerprint density at radius 2 is 2.05 bits per heavy atom. The minimum Gasteiger partial charge on any atom is -0.312 e. The Kier molecular flexibility index (Phi) is 4.42. The maximum atomic E-state index is 3.61. The zero-order chi connectivity index (χ0) is 13.9. The third-order valence-corrected chi connectivity index (χ3v) is 5.37. The van der Waals surface area contributed by atoms with Gasteiger partial charge in [-0.25, -0.2) is 0 Å². The monoisotopic (exact) mass is 272 g/mol. The van der Waals surface area contributed by atoms with E-state index in [1.165, 1.54) is 50.6 Å². The van der Waals surface area contributed by atoms with Crippen molar-refractivity contribution >= 4 is 0 Å². The molecule has 3 atom stereocenters. The molecule has 1 heterocycles. The Morgan fingerprint density at radius 3 is 2.85 bits per heavy atom. The standard InChI is InChI=1S/C18H28N2/c1-3-15-9-6-7-13-20(15)17-12-11-14-8-4-5-10-16(14)18(17)19-2/h4-5,8,10,15,17-19H,3,6-7,9,11-13H2,1-2H3. The molecule has 20 heavy (non-hydrogen) atoms. The van der Waals surface area contributed by atoms with Crippen molar-refractivity contribution in [2.45, 2.75) is 63.6 Å². The number of piperidine rings is 1. The van der Waals surface area contributed by atoms with Crippen LogP contribution in [0.3, 0.4) is 0 Å². The van der Waals surface area contributed by atoms with E-state index in [9.17, 15) is 0 Å². The van der Waals surface area contributed by atoms with E-state index in [-0.39, 0.29) is 0 Å². The Labute approximate surface area is 123 Å². The Hall–Kier alpha value is -0.860. The van der Waals surface area contributed by atoms with Gasteiger partial charge in [0.05, 0.1) is 0 Å². The molecule has 1 aromatic carbocycles. The molecule has 3 rings (SSSR count). The first-order valence-electron chi connectivity index (χ1n) is 8.36. The van der Waals surface area contributed by atoms with Gasteiger partial charge in [-0.2, -0.15) is 0 Å². The average Bonchev–Trinajstić information content (AvgIpc) is 2.53. The molecule has 1 aliphatic carbocycles. The van der Waals surface area contributed by atoms with Crippen LogP contribution >= 0.6 is 0 Å². The smallest absolute Gasteiger partial charge is 0.0478 e. The van der Waals surface area contributed by atoms with Gasteiger partial charge in [-0.15, -0.1) is 0 Å². The SMILES string of the molecule is CCC1CCCCN1C1CCc2ccccc2C1NC. The lowest BCUT2D eigenvalue weighted by atomic mass is 9.81. The summed E-state index contributed by atoms with van der Waals surface area (Å²) < 4.78 is 0. The molecule has 0 spiro atoms. The number of hydrogen-bond acceptors (Lipinski definition) is 2. The molecule has 0 amide bonds. The summed E-state index contributed by atoms with van der Waals surface area (Å²) in [6.07, 6.45) is 8.04. The topological polar surface area (TPSA) is 15.3 Å². The molecule has 1 aromatic rings. The van der Waals surface area contributed by atoms with E-state index in [0.29, 0.717) is 12.1 Å². The number of rotatable bonds is 3. The molecule has 2 aliphatic rings. The lowest BCUT2D eigenvalue weighted by Gasteiger charge is -2.46. The molecule has 0 radical (unpaired) electrons. The zero-order valence-corrected chi connectivity index (χ0v) is 12.9. The van der Waals surface area contributed by atoms with Crippen molar-refractivity contribution in [1.82, 2.24) is 10.2 Å². The largest absolute Gasteiger partial charge is 0.312 e. The van der Waals surface area contributed by atoms with E-state index in [2.05, 4.69) is 48.5 Å². The van der Waals surface area contributed by atoms with Gasteiger partial charge >= 0.3 is 0 Å². The molecule has 0 aromatic heterocycles. The third kappa shape index (κ3) is 2.51. The van der Waals surface area contributed by atoms with Crippen LogP contribution in [0.1, 0.15) is 56.2 Å². The second-order valence-corrected chi connectivity index (χ2v) is 6.37. The minimum atomic E-state index is 0.507. The van der Waals surface area contributed by atoms with Crippen molar-refractivity contribution in [1.29, 1.82) is 0 Å². The summed E-state index contributed by atoms with van der Waals surface area (Å²) in [7, 11) is 2.13. The molecule has 1 fully saturated rings. The van der Waals surface area contributed by atoms with Gasteiger partial charge in [0.25, 0.3) is 0 Å². The highest BCUT2D eigenvalue weighted by molar-refractivity contribution is 5.34. The number of nitrogens with zero attached hydrogens (tertiary/aromatic N) is 1. The van der Waals surface area contributed by atoms with Crippen LogP contribution in [0.4, 0.5) is 0 Å². The van der Waals surface area contributed by atoms with Crippen molar-refractivity contribution in [3.8, 4) is 0 Å². The van der Waals surface area contributed by atoms with Gasteiger partial charge in [0, 0.05) is 18.1 Å². The van der Waals surface area contributed by atoms with E-state index in [4.69, 9.17) is 0 Å². The maximum absolute atomic E-state index is 3.61. The first-order valence-corrected chi connectivity index (χ1v) is 8.36. The second-order valence-electron chi connectivity index (χ2n) is 6.37. The highest BCUT2D eigenvalue weighted by atomic mass is 15.2. The van der Waals surface area contributed by atoms with E-state index in [0.717, 1.165) is 6.04 Å². The van der Waals surface area contributed by atoms with Crippen LogP contribution in [0.25, 0.3) is 0 Å². The van der Waals surface area contributed by atoms with E-state index in [1.807, 2.05) is 0 Å². The average molecular weight is 272 g/mol. The molecule has 0 saturated carbocycles. The number of benzene rings is 1. The number of nitrogens with one attached hydrogen (secondary N) is 1. The Balaban J connectivity index is 1.86. The molecule has 2 heteroatoms. The molecular formula is C18H28N2. The quantitative estimate of drug-likeness (QED) is 0.905. The fourth-order valence-electron chi connectivity index (χ4n) is 4.35. The summed E-state index contributed by atoms with van der Waals surface area (Å²) in [5.74, 6) is 0. The fraction of sp³-hybridized carbons (Fsp3) is 0.667. The van der Waals surface area contributed by atoms with E-state index in [1.54, 1.807) is 5.56 Å². The number of likely N-dealkylation sites (tertiary alicyclic amines) is 1. The number of hydrogen-bond donors (Lipinski definition) is 1. The normalized spacial score (nSPS) is 31.0. The maximum Gasteiger partial charge on any atom is 0.0478 e. The summed E-state index contributed by atoms with van der Waals surface area (Å²) in [5.41, 5.74) is 3.08. The highest BCUT2D eigenvalue weighted by Crippen LogP contribution is 2.36. The molecule has 1 saturated heterocycles. The molecule has 110 valence electrons. The first-order chi connectivity index (χ1) is 9.85. The molecule has 1 N–H and O–H groups in total. The molecule has 1 aliphatic heterocycles. The predicted molar refractivity (Wildman–Crippen MR) is 85.0 cm³/mol. The van der Waals surface area contributed by atoms with Gasteiger partial charge in [0.15, 0.2) is 0 Å². The van der Waals surface area contributed by atoms with E-state index < -0.39 is 0 Å². The van der Waals surface area contributed by atoms with Crippen LogP contribution in [0, 0.1) is 0 Å². The lowest BCUT2D eigenvalue weighted by Crippen LogP contribution is -2.52. The highest BCUT2D eigenvalue weighted by Gasteiger charge is 2.36. The summed E-state index contributed by atoms with van der Waals surface area (Å²) in [6, 6.07) is 11.0. The van der Waals surface area contributed by atoms with E-state index >= 15 is 0 Å². The number of likely N-dealkylation sites (N-methyl/N-ethyl adjacent to an activating group) is 1. The third-order valence-electron chi connectivity index (χ3n) is 5.37. The molecule has 2 nitrogen and oxygen atoms in total. The van der Waals surface area contributed by atoms with Crippen molar-refractivity contribution in [3.63, 3.8) is 0 Å². The van der Waals surface area contributed by atoms with Gasteiger partial charge in [-0.1, -0.05) is 37.6 Å². The fourth-order valence-corrected chi connectivity index (χ4v) is 4.35. The van der Waals surface area contributed by atoms with Crippen LogP contribution in [-0.4, -0.2) is 30.6 Å². The molecule has 3 unspecified atom stereocenters. The van der Waals surface area contributed by atoms with Gasteiger partial charge in [-0.05, 0) is 56.8 Å². The number of fused-ring (bicyclic) bond motifs is 1. The van der Waals surface area contributed by atoms with Gasteiger partial charge < -0.3 is 5.32 Å². The van der Waals surface area contributed by atoms with Crippen LogP contribution in [0.5, 0.6) is 0 Å². The van der Waals surface area contributed by atoms with Crippen molar-refractivity contribution in [2.75, 3.05) is 13.6 Å². The Bertz CT molecular complexity index is 443. The van der Waals surface area contributed by atoms with Gasteiger partial charge in [-0.3, -0.25) is 4.90 Å². The zero-order valence-electron chi connectivity index (χ0n) is 12.9. The Morgan fingerprint density at radius 1 is 1.20 bits per heavy atom. The van der Waals surface area contributed by atoms with Gasteiger partial charge in [0.1, 0.15) is 0 Å². The van der Waals surface area contributed by atoms with Crippen LogP contribution < -0.4 is 5.32 Å². The molecule has 0 bridgehead atoms. The molecular weight excluding hydrogens is 244 g/mol. The van der Waals surface area contributed by atoms with Crippen LogP contribution in [0.15, 0.2) is 24.3 Å². The van der Waals surface area contributed by atoms with Crippen LogP contribution in [0.2, 0.25) is 0 Å². The summed E-state index contributed by atoms with van der Waals surface area (Å²) in [6.45, 7) is 3.65. The van der Waals surface area contributed by atoms with Crippen molar-refractivity contribution < 1.29 is 0 Å². The lowest BCUT2D eigenvalue weighted by molar-refractivity contribution is 0.0617. The van der Waals surface area contributed by atoms with Crippen molar-refractivity contribution in [2.24, 2.45) is 0 Å². The minimum absolute atomic E-state index is 0.507. The van der Waals surface area contributed by atoms with Gasteiger partial charge in [0.2, 0.25) is 0 Å². The van der Waals surface area contributed by atoms with Crippen LogP contribution in [-0.2, 0) is 6.42 Å². The predicted octanol–water partition coefficient (Wildman–Crippen LogP) is 3.53. The summed E-state index contributed by atoms with van der Waals surface area (Å²) in [5, 5.41) is 3.61. The van der Waals surface area contributed by atoms with Crippen molar-refractivity contribution in [3.05, 3.63) is 35.4 Å². The number of aryl methyl sites for hydroxylation is 1. The second kappa shape index (κ2) is 6.28. The summed E-state index contributed by atoms with van der Waals surface area (Å²) in [4.78, 5) is 2.82. The first kappa shape index (κ1) is 14.1.